The topological polar surface area (TPSA) is 48.8 Å². The van der Waals surface area contributed by atoms with Gasteiger partial charge in [0.15, 0.2) is 0 Å². The second kappa shape index (κ2) is 13.8. The van der Waals surface area contributed by atoms with E-state index in [2.05, 4.69) is 89.9 Å². The maximum absolute atomic E-state index is 4.33. The molecule has 0 saturated heterocycles. The van der Waals surface area contributed by atoms with Gasteiger partial charge in [-0.3, -0.25) is 9.98 Å². The zero-order valence-corrected chi connectivity index (χ0v) is 18.1. The van der Waals surface area contributed by atoms with Crippen molar-refractivity contribution < 1.29 is 16.8 Å². The van der Waals surface area contributed by atoms with Crippen molar-refractivity contribution in [1.29, 1.82) is 0 Å². The Kier molecular flexibility index (Phi) is 16.4. The Labute approximate surface area is 155 Å². The Balaban J connectivity index is -0.000000333. The molecule has 2 N–H and O–H groups in total. The molecule has 0 heterocycles. The minimum absolute atomic E-state index is 0. The van der Waals surface area contributed by atoms with E-state index in [9.17, 15) is 0 Å². The third-order valence-electron chi connectivity index (χ3n) is 2.41. The van der Waals surface area contributed by atoms with Crippen LogP contribution in [-0.4, -0.2) is 35.8 Å². The molecule has 0 atom stereocenters. The van der Waals surface area contributed by atoms with Crippen LogP contribution in [0.25, 0.3) is 0 Å². The zero-order chi connectivity index (χ0) is 17.8. The van der Waals surface area contributed by atoms with E-state index in [4.69, 9.17) is 0 Å². The van der Waals surface area contributed by atoms with E-state index in [1.807, 2.05) is 0 Å². The van der Waals surface area contributed by atoms with E-state index in [1.165, 1.54) is 0 Å². The van der Waals surface area contributed by atoms with Gasteiger partial charge in [0.05, 0.1) is 11.7 Å². The van der Waals surface area contributed by atoms with Crippen LogP contribution in [0.2, 0.25) is 0 Å². The monoisotopic (exact) mass is 371 g/mol. The van der Waals surface area contributed by atoms with Crippen molar-refractivity contribution in [3.63, 3.8) is 0 Å². The van der Waals surface area contributed by atoms with Gasteiger partial charge in [-0.25, -0.2) is 0 Å². The van der Waals surface area contributed by atoms with Crippen LogP contribution in [0.3, 0.4) is 0 Å². The average Bonchev–Trinajstić information content (AvgIpc) is 2.35. The molecular weight excluding hydrogens is 331 g/mol. The predicted molar refractivity (Wildman–Crippen MR) is 102 cm³/mol. The van der Waals surface area contributed by atoms with Gasteiger partial charge >= 0.3 is 16.8 Å². The van der Waals surface area contributed by atoms with Gasteiger partial charge in [0.1, 0.15) is 0 Å². The number of nitrogens with one attached hydrogen (secondary N) is 2. The summed E-state index contributed by atoms with van der Waals surface area (Å²) in [5, 5.41) is 6.71. The Hall–Kier alpha value is -0.554. The van der Waals surface area contributed by atoms with Crippen molar-refractivity contribution >= 4 is 11.7 Å². The first kappa shape index (κ1) is 27.3. The second-order valence-electron chi connectivity index (χ2n) is 7.30. The van der Waals surface area contributed by atoms with E-state index < -0.39 is 0 Å². The number of hydrogen-bond acceptors (Lipinski definition) is 2. The quantitative estimate of drug-likeness (QED) is 0.568. The minimum Gasteiger partial charge on any atom is -0.369 e. The van der Waals surface area contributed by atoms with Crippen LogP contribution >= 0.6 is 0 Å². The minimum atomic E-state index is 0. The van der Waals surface area contributed by atoms with E-state index in [-0.39, 0.29) is 27.9 Å². The molecule has 0 unspecified atom stereocenters. The first-order valence-electron chi connectivity index (χ1n) is 8.62. The van der Waals surface area contributed by atoms with E-state index in [0.717, 1.165) is 37.6 Å². The van der Waals surface area contributed by atoms with Gasteiger partial charge in [0.25, 0.3) is 0 Å². The molecule has 0 bridgehead atoms. The van der Waals surface area contributed by atoms with Gasteiger partial charge in [-0.2, -0.15) is 0 Å². The third-order valence-corrected chi connectivity index (χ3v) is 2.41. The van der Waals surface area contributed by atoms with Crippen molar-refractivity contribution in [2.24, 2.45) is 9.98 Å². The molecule has 4 nitrogen and oxygen atoms in total. The summed E-state index contributed by atoms with van der Waals surface area (Å²) in [5.41, 5.74) is 0.286. The Morgan fingerprint density at radius 3 is 1.04 bits per heavy atom. The Morgan fingerprint density at radius 2 is 0.913 bits per heavy atom. The molecule has 139 valence electrons. The summed E-state index contributed by atoms with van der Waals surface area (Å²) >= 11 is 0. The molecule has 0 aliphatic carbocycles. The van der Waals surface area contributed by atoms with Crippen LogP contribution < -0.4 is 10.6 Å². The predicted octanol–water partition coefficient (Wildman–Crippen LogP) is 4.40. The first-order chi connectivity index (χ1) is 9.99. The molecule has 0 rings (SSSR count). The number of hydrogen-bond donors (Lipinski definition) is 2. The summed E-state index contributed by atoms with van der Waals surface area (Å²) in [6, 6.07) is 0. The van der Waals surface area contributed by atoms with Crippen molar-refractivity contribution in [3.8, 4) is 0 Å². The summed E-state index contributed by atoms with van der Waals surface area (Å²) in [7, 11) is 0. The van der Waals surface area contributed by atoms with Gasteiger partial charge in [-0.05, 0) is 55.4 Å². The summed E-state index contributed by atoms with van der Waals surface area (Å²) in [5.74, 6) is 2.22. The molecule has 0 aromatic carbocycles. The van der Waals surface area contributed by atoms with E-state index in [1.54, 1.807) is 0 Å². The molecule has 1 radical (unpaired) electrons. The average molecular weight is 371 g/mol. The van der Waals surface area contributed by atoms with Crippen molar-refractivity contribution in [2.75, 3.05) is 13.1 Å². The molecule has 23 heavy (non-hydrogen) atoms. The molecule has 0 saturated carbocycles. The van der Waals surface area contributed by atoms with Gasteiger partial charge in [0.2, 0.25) is 0 Å². The van der Waals surface area contributed by atoms with E-state index >= 15 is 0 Å². The fourth-order valence-electron chi connectivity index (χ4n) is 1.73. The number of nitrogens with zero attached hydrogens (tertiary/aromatic N) is 2. The smallest absolute Gasteiger partial charge is 0.369 e. The van der Waals surface area contributed by atoms with Crippen LogP contribution in [0.15, 0.2) is 9.98 Å². The molecule has 0 spiro atoms. The normalized spacial score (nSPS) is 12.8. The molecule has 0 fully saturated rings. The molecule has 0 aliphatic heterocycles. The molecule has 5 heteroatoms. The van der Waals surface area contributed by atoms with Gasteiger partial charge < -0.3 is 10.6 Å². The number of amidine groups is 2. The van der Waals surface area contributed by atoms with Crippen LogP contribution in [0.5, 0.6) is 0 Å². The Bertz CT molecular complexity index is 302. The van der Waals surface area contributed by atoms with Crippen molar-refractivity contribution in [2.45, 2.75) is 93.2 Å². The summed E-state index contributed by atoms with van der Waals surface area (Å²) in [6.45, 7) is 23.0. The fraction of sp³-hybridized carbons (Fsp3) is 0.889. The summed E-state index contributed by atoms with van der Waals surface area (Å²) in [4.78, 5) is 8.67. The molecule has 0 aromatic heterocycles. The van der Waals surface area contributed by atoms with Crippen LogP contribution in [0.4, 0.5) is 0 Å². The molecule has 0 aliphatic rings. The third kappa shape index (κ3) is 21.4. The van der Waals surface area contributed by atoms with Gasteiger partial charge in [0, 0.05) is 37.0 Å². The van der Waals surface area contributed by atoms with Gasteiger partial charge in [-0.1, -0.05) is 13.8 Å². The van der Waals surface area contributed by atoms with Crippen LogP contribution in [-0.2, 0) is 16.8 Å². The zero-order valence-electron chi connectivity index (χ0n) is 17.1. The first-order valence-corrected chi connectivity index (χ1v) is 8.62. The maximum atomic E-state index is 4.33. The van der Waals surface area contributed by atoms with Gasteiger partial charge in [-0.15, -0.1) is 0 Å². The SMILES string of the molecule is CCN=C(CC)NC(C)(C)C.CCN=C(CC)NC(C)(C)C.[Co+2]. The summed E-state index contributed by atoms with van der Waals surface area (Å²) < 4.78 is 0. The molecule has 0 aromatic rings. The Morgan fingerprint density at radius 1 is 0.652 bits per heavy atom. The van der Waals surface area contributed by atoms with Crippen molar-refractivity contribution in [1.82, 2.24) is 10.6 Å². The number of rotatable bonds is 4. The summed E-state index contributed by atoms with van der Waals surface area (Å²) in [6.07, 6.45) is 1.98. The van der Waals surface area contributed by atoms with Crippen LogP contribution in [0.1, 0.15) is 82.1 Å². The maximum Gasteiger partial charge on any atom is 2.00 e. The molecular formula is C18H40CoN4+2. The second-order valence-corrected chi connectivity index (χ2v) is 7.30. The van der Waals surface area contributed by atoms with E-state index in [0.29, 0.717) is 0 Å². The number of aliphatic imine (C=N–C) groups is 2. The molecule has 0 amide bonds. The fourth-order valence-corrected chi connectivity index (χ4v) is 1.73. The largest absolute Gasteiger partial charge is 2.00 e. The van der Waals surface area contributed by atoms with Crippen LogP contribution in [0, 0.1) is 0 Å². The standard InChI is InChI=1S/2C9H20N2.Co/c2*1-6-8(10-7-2)11-9(3,4)5;/h2*6-7H2,1-5H3,(H,10,11);/q;;+2. The van der Waals surface area contributed by atoms with Crippen molar-refractivity contribution in [3.05, 3.63) is 0 Å².